The first-order valence-corrected chi connectivity index (χ1v) is 8.38. The molecule has 1 amide bonds. The Morgan fingerprint density at radius 3 is 2.83 bits per heavy atom. The Hall–Kier alpha value is -2.56. The number of aromatic amines is 1. The number of aryl methyl sites for hydroxylation is 1. The summed E-state index contributed by atoms with van der Waals surface area (Å²) in [7, 11) is 2.01. The first kappa shape index (κ1) is 16.3. The third-order valence-corrected chi connectivity index (χ3v) is 4.68. The van der Waals surface area contributed by atoms with Gasteiger partial charge in [-0.3, -0.25) is 9.59 Å². The molecular weight excluding hydrogens is 302 g/mol. The van der Waals surface area contributed by atoms with Gasteiger partial charge in [0.25, 0.3) is 5.91 Å². The van der Waals surface area contributed by atoms with Gasteiger partial charge in [-0.25, -0.2) is 0 Å². The third-order valence-electron chi connectivity index (χ3n) is 4.68. The normalized spacial score (nSPS) is 13.5. The van der Waals surface area contributed by atoms with Crippen molar-refractivity contribution in [2.24, 2.45) is 0 Å². The molecule has 1 aromatic heterocycles. The number of amides is 1. The average Bonchev–Trinajstić information content (AvgIpc) is 2.92. The Balaban J connectivity index is 1.85. The highest BCUT2D eigenvalue weighted by Crippen LogP contribution is 2.27. The average molecular weight is 325 g/mol. The number of H-pyrrole nitrogens is 1. The van der Waals surface area contributed by atoms with Crippen molar-refractivity contribution in [2.45, 2.75) is 33.1 Å². The molecule has 1 heterocycles. The number of carbonyl (C=O) groups excluding carboxylic acids is 2. The van der Waals surface area contributed by atoms with E-state index in [2.05, 4.69) is 22.1 Å². The lowest BCUT2D eigenvalue weighted by Crippen LogP contribution is -2.17. The van der Waals surface area contributed by atoms with Gasteiger partial charge in [0.05, 0.1) is 0 Å². The van der Waals surface area contributed by atoms with E-state index in [4.69, 9.17) is 0 Å². The molecule has 0 saturated heterocycles. The fraction of sp³-hybridized carbons (Fsp3) is 0.368. The minimum Gasteiger partial charge on any atom is -0.375 e. The fourth-order valence-corrected chi connectivity index (χ4v) is 3.20. The molecule has 5 nitrogen and oxygen atoms in total. The van der Waals surface area contributed by atoms with Crippen LogP contribution in [0.5, 0.6) is 0 Å². The van der Waals surface area contributed by atoms with E-state index >= 15 is 0 Å². The van der Waals surface area contributed by atoms with E-state index in [9.17, 15) is 9.59 Å². The minimum absolute atomic E-state index is 0.135. The first-order chi connectivity index (χ1) is 11.5. The molecule has 1 aliphatic rings. The molecule has 0 radical (unpaired) electrons. The van der Waals surface area contributed by atoms with Crippen LogP contribution >= 0.6 is 0 Å². The Morgan fingerprint density at radius 2 is 2.12 bits per heavy atom. The van der Waals surface area contributed by atoms with Crippen molar-refractivity contribution in [3.63, 3.8) is 0 Å². The number of fused-ring (bicyclic) bond motifs is 1. The fourth-order valence-electron chi connectivity index (χ4n) is 3.20. The van der Waals surface area contributed by atoms with Crippen LogP contribution in [0.4, 0.5) is 11.4 Å². The Kier molecular flexibility index (Phi) is 4.42. The number of rotatable bonds is 4. The molecule has 0 atom stereocenters. The lowest BCUT2D eigenvalue weighted by atomic mass is 9.94. The molecule has 1 aliphatic carbocycles. The van der Waals surface area contributed by atoms with Crippen LogP contribution in [0.2, 0.25) is 0 Å². The summed E-state index contributed by atoms with van der Waals surface area (Å²) in [4.78, 5) is 30.0. The molecule has 0 aliphatic heterocycles. The van der Waals surface area contributed by atoms with Crippen molar-refractivity contribution >= 4 is 23.1 Å². The van der Waals surface area contributed by atoms with Crippen molar-refractivity contribution in [1.29, 1.82) is 0 Å². The van der Waals surface area contributed by atoms with Crippen molar-refractivity contribution in [2.75, 3.05) is 23.8 Å². The number of carbonyl (C=O) groups is 2. The molecule has 2 N–H and O–H groups in total. The van der Waals surface area contributed by atoms with Gasteiger partial charge in [-0.15, -0.1) is 0 Å². The van der Waals surface area contributed by atoms with Gasteiger partial charge in [0, 0.05) is 42.6 Å². The van der Waals surface area contributed by atoms with Gasteiger partial charge in [-0.05, 0) is 50.5 Å². The summed E-state index contributed by atoms with van der Waals surface area (Å²) in [6.07, 6.45) is 2.24. The SMILES string of the molecule is CCN(C)c1cccc(NC(=O)c2[nH]c3c(c2C)C(=O)CCC3)c1. The number of nitrogens with one attached hydrogen (secondary N) is 2. The summed E-state index contributed by atoms with van der Waals surface area (Å²) in [5, 5.41) is 2.93. The van der Waals surface area contributed by atoms with E-state index in [0.717, 1.165) is 42.0 Å². The second kappa shape index (κ2) is 6.51. The largest absolute Gasteiger partial charge is 0.375 e. The van der Waals surface area contributed by atoms with Crippen LogP contribution in [0.15, 0.2) is 24.3 Å². The molecule has 2 aromatic rings. The van der Waals surface area contributed by atoms with Gasteiger partial charge in [-0.1, -0.05) is 6.07 Å². The number of ketones is 1. The number of hydrogen-bond acceptors (Lipinski definition) is 3. The van der Waals surface area contributed by atoms with E-state index in [1.54, 1.807) is 0 Å². The molecule has 24 heavy (non-hydrogen) atoms. The Morgan fingerprint density at radius 1 is 1.33 bits per heavy atom. The molecule has 0 spiro atoms. The van der Waals surface area contributed by atoms with E-state index in [1.807, 2.05) is 38.2 Å². The van der Waals surface area contributed by atoms with Gasteiger partial charge in [-0.2, -0.15) is 0 Å². The van der Waals surface area contributed by atoms with E-state index in [-0.39, 0.29) is 11.7 Å². The number of benzene rings is 1. The lowest BCUT2D eigenvalue weighted by Gasteiger charge is -2.17. The summed E-state index contributed by atoms with van der Waals surface area (Å²) in [6.45, 7) is 4.81. The number of Topliss-reactive ketones (excluding diaryl/α,β-unsaturated/α-hetero) is 1. The van der Waals surface area contributed by atoms with Crippen LogP contribution in [0.25, 0.3) is 0 Å². The molecule has 3 rings (SSSR count). The number of anilines is 2. The van der Waals surface area contributed by atoms with Gasteiger partial charge in [0.1, 0.15) is 5.69 Å². The third kappa shape index (κ3) is 2.94. The van der Waals surface area contributed by atoms with Crippen LogP contribution in [0.3, 0.4) is 0 Å². The minimum atomic E-state index is -0.203. The molecular formula is C19H23N3O2. The second-order valence-corrected chi connectivity index (χ2v) is 6.27. The highest BCUT2D eigenvalue weighted by molar-refractivity contribution is 6.08. The van der Waals surface area contributed by atoms with Crippen molar-refractivity contribution in [3.8, 4) is 0 Å². The van der Waals surface area contributed by atoms with Gasteiger partial charge >= 0.3 is 0 Å². The second-order valence-electron chi connectivity index (χ2n) is 6.27. The summed E-state index contributed by atoms with van der Waals surface area (Å²) >= 11 is 0. The van der Waals surface area contributed by atoms with Crippen LogP contribution in [-0.4, -0.2) is 30.3 Å². The van der Waals surface area contributed by atoms with E-state index in [1.165, 1.54) is 0 Å². The number of nitrogens with zero attached hydrogens (tertiary/aromatic N) is 1. The molecule has 5 heteroatoms. The van der Waals surface area contributed by atoms with Crippen LogP contribution in [0, 0.1) is 6.92 Å². The first-order valence-electron chi connectivity index (χ1n) is 8.38. The topological polar surface area (TPSA) is 65.2 Å². The zero-order valence-corrected chi connectivity index (χ0v) is 14.4. The standard InChI is InChI=1S/C19H23N3O2/c1-4-22(3)14-8-5-7-13(11-14)20-19(24)18-12(2)17-15(21-18)9-6-10-16(17)23/h5,7-8,11,21H,4,6,9-10H2,1-3H3,(H,20,24). The van der Waals surface area contributed by atoms with Crippen molar-refractivity contribution in [3.05, 3.63) is 46.8 Å². The predicted octanol–water partition coefficient (Wildman–Crippen LogP) is 3.55. The molecule has 0 bridgehead atoms. The van der Waals surface area contributed by atoms with Crippen molar-refractivity contribution in [1.82, 2.24) is 4.98 Å². The van der Waals surface area contributed by atoms with E-state index < -0.39 is 0 Å². The number of hydrogen-bond donors (Lipinski definition) is 2. The summed E-state index contributed by atoms with van der Waals surface area (Å²) in [5.74, 6) is -0.0679. The van der Waals surface area contributed by atoms with Crippen molar-refractivity contribution < 1.29 is 9.59 Å². The van der Waals surface area contributed by atoms with E-state index in [0.29, 0.717) is 17.7 Å². The highest BCUT2D eigenvalue weighted by atomic mass is 16.2. The summed E-state index contributed by atoms with van der Waals surface area (Å²) < 4.78 is 0. The zero-order chi connectivity index (χ0) is 17.3. The molecule has 0 unspecified atom stereocenters. The van der Waals surface area contributed by atoms with Gasteiger partial charge < -0.3 is 15.2 Å². The summed E-state index contributed by atoms with van der Waals surface area (Å²) in [6, 6.07) is 7.75. The number of aromatic nitrogens is 1. The zero-order valence-electron chi connectivity index (χ0n) is 14.4. The quantitative estimate of drug-likeness (QED) is 0.903. The van der Waals surface area contributed by atoms with Crippen LogP contribution < -0.4 is 10.2 Å². The molecule has 126 valence electrons. The highest BCUT2D eigenvalue weighted by Gasteiger charge is 2.26. The van der Waals surface area contributed by atoms with Crippen LogP contribution in [0.1, 0.15) is 51.9 Å². The smallest absolute Gasteiger partial charge is 0.272 e. The maximum atomic E-state index is 12.6. The maximum Gasteiger partial charge on any atom is 0.272 e. The molecule has 0 saturated carbocycles. The van der Waals surface area contributed by atoms with Crippen LogP contribution in [-0.2, 0) is 6.42 Å². The van der Waals surface area contributed by atoms with Gasteiger partial charge in [0.2, 0.25) is 0 Å². The Bertz CT molecular complexity index is 792. The summed E-state index contributed by atoms with van der Waals surface area (Å²) in [5.41, 5.74) is 4.65. The molecule has 0 fully saturated rings. The predicted molar refractivity (Wildman–Crippen MR) is 96.1 cm³/mol. The monoisotopic (exact) mass is 325 g/mol. The van der Waals surface area contributed by atoms with Gasteiger partial charge in [0.15, 0.2) is 5.78 Å². The lowest BCUT2D eigenvalue weighted by molar-refractivity contribution is 0.0971. The maximum absolute atomic E-state index is 12.6. The molecule has 1 aromatic carbocycles. The Labute approximate surface area is 142 Å².